The van der Waals surface area contributed by atoms with E-state index >= 15 is 0 Å². The quantitative estimate of drug-likeness (QED) is 0.514. The van der Waals surface area contributed by atoms with E-state index in [0.29, 0.717) is 32.4 Å². The Balaban J connectivity index is 2.38. The molecule has 0 spiro atoms. The van der Waals surface area contributed by atoms with Crippen LogP contribution in [0.15, 0.2) is 12.7 Å². The van der Waals surface area contributed by atoms with Crippen LogP contribution in [0.1, 0.15) is 19.3 Å². The molecule has 1 aliphatic heterocycles. The van der Waals surface area contributed by atoms with Crippen LogP contribution in [-0.4, -0.2) is 37.0 Å². The summed E-state index contributed by atoms with van der Waals surface area (Å²) in [4.78, 5) is 24.5. The molecule has 1 unspecified atom stereocenters. The summed E-state index contributed by atoms with van der Waals surface area (Å²) >= 11 is 0. The molecular formula is C11H17NO3. The summed E-state index contributed by atoms with van der Waals surface area (Å²) < 4.78 is 4.65. The molecule has 0 aromatic carbocycles. The lowest BCUT2D eigenvalue weighted by molar-refractivity contribution is -0.145. The van der Waals surface area contributed by atoms with Gasteiger partial charge in [-0.2, -0.15) is 0 Å². The maximum atomic E-state index is 11.6. The maximum absolute atomic E-state index is 11.6. The van der Waals surface area contributed by atoms with Gasteiger partial charge in [0, 0.05) is 19.5 Å². The van der Waals surface area contributed by atoms with E-state index in [1.165, 1.54) is 7.11 Å². The van der Waals surface area contributed by atoms with Crippen molar-refractivity contribution in [2.24, 2.45) is 5.92 Å². The van der Waals surface area contributed by atoms with Crippen LogP contribution < -0.4 is 0 Å². The van der Waals surface area contributed by atoms with Gasteiger partial charge in [0.25, 0.3) is 0 Å². The number of nitrogens with zero attached hydrogens (tertiary/aromatic N) is 1. The van der Waals surface area contributed by atoms with Crippen LogP contribution in [0.2, 0.25) is 0 Å². The van der Waals surface area contributed by atoms with Gasteiger partial charge >= 0.3 is 5.97 Å². The van der Waals surface area contributed by atoms with Gasteiger partial charge in [0.05, 0.1) is 13.0 Å². The highest BCUT2D eigenvalue weighted by Crippen LogP contribution is 2.18. The summed E-state index contributed by atoms with van der Waals surface area (Å²) in [6.45, 7) is 4.74. The largest absolute Gasteiger partial charge is 0.469 e. The minimum Gasteiger partial charge on any atom is -0.469 e. The number of methoxy groups -OCH3 is 1. The van der Waals surface area contributed by atoms with Gasteiger partial charge in [-0.25, -0.2) is 0 Å². The Morgan fingerprint density at radius 3 is 2.93 bits per heavy atom. The van der Waals surface area contributed by atoms with Crippen molar-refractivity contribution in [1.29, 1.82) is 0 Å². The molecule has 0 radical (unpaired) electrons. The SMILES string of the molecule is C=CCCC(=O)N1CCC(C(=O)OC)C1. The van der Waals surface area contributed by atoms with Gasteiger partial charge in [0.1, 0.15) is 0 Å². The van der Waals surface area contributed by atoms with Crippen molar-refractivity contribution in [3.8, 4) is 0 Å². The number of carbonyl (C=O) groups excluding carboxylic acids is 2. The fraction of sp³-hybridized carbons (Fsp3) is 0.636. The zero-order valence-corrected chi connectivity index (χ0v) is 9.07. The molecule has 0 saturated carbocycles. The van der Waals surface area contributed by atoms with Gasteiger partial charge in [-0.05, 0) is 12.8 Å². The molecule has 0 N–H and O–H groups in total. The highest BCUT2D eigenvalue weighted by molar-refractivity contribution is 5.79. The number of ether oxygens (including phenoxy) is 1. The lowest BCUT2D eigenvalue weighted by atomic mass is 10.1. The molecular weight excluding hydrogens is 194 g/mol. The van der Waals surface area contributed by atoms with E-state index in [-0.39, 0.29) is 17.8 Å². The normalized spacial score (nSPS) is 20.1. The lowest BCUT2D eigenvalue weighted by Crippen LogP contribution is -2.29. The smallest absolute Gasteiger partial charge is 0.310 e. The minimum atomic E-state index is -0.214. The van der Waals surface area contributed by atoms with Gasteiger partial charge in [-0.15, -0.1) is 6.58 Å². The van der Waals surface area contributed by atoms with Gasteiger partial charge in [0.15, 0.2) is 0 Å². The van der Waals surface area contributed by atoms with E-state index in [4.69, 9.17) is 0 Å². The zero-order chi connectivity index (χ0) is 11.3. The second kappa shape index (κ2) is 5.53. The molecule has 1 fully saturated rings. The summed E-state index contributed by atoms with van der Waals surface area (Å²) in [6.07, 6.45) is 3.62. The monoisotopic (exact) mass is 211 g/mol. The summed E-state index contributed by atoms with van der Waals surface area (Å²) in [5.41, 5.74) is 0. The van der Waals surface area contributed by atoms with Crippen molar-refractivity contribution >= 4 is 11.9 Å². The average Bonchev–Trinajstić information content (AvgIpc) is 2.74. The van der Waals surface area contributed by atoms with E-state index in [2.05, 4.69) is 11.3 Å². The predicted octanol–water partition coefficient (Wildman–Crippen LogP) is 0.974. The fourth-order valence-corrected chi connectivity index (χ4v) is 1.73. The third-order valence-corrected chi connectivity index (χ3v) is 2.64. The standard InChI is InChI=1S/C11H17NO3/c1-3-4-5-10(13)12-7-6-9(8-12)11(14)15-2/h3,9H,1,4-8H2,2H3. The van der Waals surface area contributed by atoms with Crippen LogP contribution in [0, 0.1) is 5.92 Å². The van der Waals surface area contributed by atoms with Gasteiger partial charge in [-0.1, -0.05) is 6.08 Å². The van der Waals surface area contributed by atoms with E-state index < -0.39 is 0 Å². The molecule has 84 valence electrons. The van der Waals surface area contributed by atoms with E-state index in [0.717, 1.165) is 0 Å². The van der Waals surface area contributed by atoms with Crippen LogP contribution >= 0.6 is 0 Å². The first-order valence-electron chi connectivity index (χ1n) is 5.15. The molecule has 15 heavy (non-hydrogen) atoms. The Kier molecular flexibility index (Phi) is 4.34. The summed E-state index contributed by atoms with van der Waals surface area (Å²) in [5, 5.41) is 0. The van der Waals surface area contributed by atoms with Crippen molar-refractivity contribution in [1.82, 2.24) is 4.90 Å². The maximum Gasteiger partial charge on any atom is 0.310 e. The molecule has 4 nitrogen and oxygen atoms in total. The highest BCUT2D eigenvalue weighted by atomic mass is 16.5. The Morgan fingerprint density at radius 2 is 2.33 bits per heavy atom. The van der Waals surface area contributed by atoms with Crippen LogP contribution in [-0.2, 0) is 14.3 Å². The van der Waals surface area contributed by atoms with Gasteiger partial charge in [0.2, 0.25) is 5.91 Å². The van der Waals surface area contributed by atoms with Crippen molar-refractivity contribution in [3.05, 3.63) is 12.7 Å². The number of esters is 1. The van der Waals surface area contributed by atoms with Crippen molar-refractivity contribution < 1.29 is 14.3 Å². The van der Waals surface area contributed by atoms with Gasteiger partial charge in [-0.3, -0.25) is 9.59 Å². The first kappa shape index (κ1) is 11.8. The zero-order valence-electron chi connectivity index (χ0n) is 9.07. The van der Waals surface area contributed by atoms with E-state index in [1.54, 1.807) is 11.0 Å². The predicted molar refractivity (Wildman–Crippen MR) is 56.1 cm³/mol. The topological polar surface area (TPSA) is 46.6 Å². The third kappa shape index (κ3) is 3.08. The Labute approximate surface area is 89.9 Å². The van der Waals surface area contributed by atoms with Crippen molar-refractivity contribution in [2.45, 2.75) is 19.3 Å². The summed E-state index contributed by atoms with van der Waals surface area (Å²) in [7, 11) is 1.38. The Morgan fingerprint density at radius 1 is 1.60 bits per heavy atom. The van der Waals surface area contributed by atoms with Crippen LogP contribution in [0.5, 0.6) is 0 Å². The van der Waals surface area contributed by atoms with Crippen LogP contribution in [0.3, 0.4) is 0 Å². The third-order valence-electron chi connectivity index (χ3n) is 2.64. The molecule has 4 heteroatoms. The molecule has 1 heterocycles. The molecule has 1 saturated heterocycles. The first-order chi connectivity index (χ1) is 7.19. The van der Waals surface area contributed by atoms with E-state index in [9.17, 15) is 9.59 Å². The Hall–Kier alpha value is -1.32. The molecule has 0 bridgehead atoms. The van der Waals surface area contributed by atoms with E-state index in [1.807, 2.05) is 0 Å². The molecule has 1 aliphatic rings. The number of carbonyl (C=O) groups is 2. The van der Waals surface area contributed by atoms with Crippen LogP contribution in [0.25, 0.3) is 0 Å². The second-order valence-corrected chi connectivity index (χ2v) is 3.68. The molecule has 1 atom stereocenters. The van der Waals surface area contributed by atoms with Gasteiger partial charge < -0.3 is 9.64 Å². The number of hydrogen-bond acceptors (Lipinski definition) is 3. The molecule has 1 rings (SSSR count). The number of rotatable bonds is 4. The van der Waals surface area contributed by atoms with Crippen molar-refractivity contribution in [3.63, 3.8) is 0 Å². The average molecular weight is 211 g/mol. The second-order valence-electron chi connectivity index (χ2n) is 3.68. The Bertz CT molecular complexity index is 263. The summed E-state index contributed by atoms with van der Waals surface area (Å²) in [5.74, 6) is -0.252. The first-order valence-corrected chi connectivity index (χ1v) is 5.15. The summed E-state index contributed by atoms with van der Waals surface area (Å²) in [6, 6.07) is 0. The molecule has 0 aromatic rings. The molecule has 0 aliphatic carbocycles. The number of likely N-dealkylation sites (tertiary alicyclic amines) is 1. The number of allylic oxidation sites excluding steroid dienone is 1. The molecule has 1 amide bonds. The number of hydrogen-bond donors (Lipinski definition) is 0. The number of amides is 1. The minimum absolute atomic E-state index is 0.0984. The fourth-order valence-electron chi connectivity index (χ4n) is 1.73. The molecule has 0 aromatic heterocycles. The van der Waals surface area contributed by atoms with Crippen LogP contribution in [0.4, 0.5) is 0 Å². The van der Waals surface area contributed by atoms with Crippen molar-refractivity contribution in [2.75, 3.05) is 20.2 Å². The highest BCUT2D eigenvalue weighted by Gasteiger charge is 2.31. The lowest BCUT2D eigenvalue weighted by Gasteiger charge is -2.15.